The molecule has 2 aromatic carbocycles. The van der Waals surface area contributed by atoms with Crippen molar-refractivity contribution in [2.24, 2.45) is 11.8 Å². The molecule has 1 N–H and O–H groups in total. The van der Waals surface area contributed by atoms with Gasteiger partial charge in [0.1, 0.15) is 0 Å². The van der Waals surface area contributed by atoms with Gasteiger partial charge in [0.25, 0.3) is 11.8 Å². The molecule has 0 saturated carbocycles. The summed E-state index contributed by atoms with van der Waals surface area (Å²) in [4.78, 5) is 29.7. The van der Waals surface area contributed by atoms with E-state index in [2.05, 4.69) is 10.2 Å². The topological polar surface area (TPSA) is 52.7 Å². The van der Waals surface area contributed by atoms with Crippen LogP contribution in [0.5, 0.6) is 0 Å². The Morgan fingerprint density at radius 2 is 1.72 bits per heavy atom. The second-order valence-corrected chi connectivity index (χ2v) is 9.79. The Kier molecular flexibility index (Phi) is 7.08. The Labute approximate surface area is 199 Å². The minimum atomic E-state index is -0.0874. The van der Waals surface area contributed by atoms with Gasteiger partial charge < -0.3 is 15.1 Å². The van der Waals surface area contributed by atoms with Crippen molar-refractivity contribution in [2.45, 2.75) is 20.3 Å². The highest BCUT2D eigenvalue weighted by atomic mass is 35.5. The monoisotopic (exact) mass is 473 g/mol. The predicted octanol–water partition coefficient (Wildman–Crippen LogP) is 4.43. The van der Waals surface area contributed by atoms with E-state index in [9.17, 15) is 9.59 Å². The highest BCUT2D eigenvalue weighted by Crippen LogP contribution is 2.32. The first-order valence-corrected chi connectivity index (χ1v) is 11.9. The fraction of sp³-hybridized carbons (Fsp3) is 0.440. The summed E-state index contributed by atoms with van der Waals surface area (Å²) in [5, 5.41) is 4.23. The van der Waals surface area contributed by atoms with Gasteiger partial charge >= 0.3 is 0 Å². The summed E-state index contributed by atoms with van der Waals surface area (Å²) in [6.07, 6.45) is 0.898. The van der Waals surface area contributed by atoms with Crippen molar-refractivity contribution in [3.8, 4) is 0 Å². The van der Waals surface area contributed by atoms with Crippen LogP contribution in [0.25, 0.3) is 0 Å². The Morgan fingerprint density at radius 3 is 2.41 bits per heavy atom. The van der Waals surface area contributed by atoms with E-state index < -0.39 is 0 Å². The van der Waals surface area contributed by atoms with E-state index in [1.807, 2.05) is 43.0 Å². The van der Waals surface area contributed by atoms with Crippen molar-refractivity contribution in [1.29, 1.82) is 0 Å². The number of benzene rings is 2. The van der Waals surface area contributed by atoms with Crippen LogP contribution < -0.4 is 5.32 Å². The predicted molar refractivity (Wildman–Crippen MR) is 129 cm³/mol. The van der Waals surface area contributed by atoms with Crippen LogP contribution in [-0.2, 0) is 0 Å². The van der Waals surface area contributed by atoms with Gasteiger partial charge in [-0.25, -0.2) is 0 Å². The summed E-state index contributed by atoms with van der Waals surface area (Å²) in [5.74, 6) is 1.03. The SMILES string of the molecule is Cc1ccc(C(=O)NCCCN2CC3CN(C(=O)c4cccc(Cl)c4C)CC3C2)cc1Cl. The van der Waals surface area contributed by atoms with E-state index in [0.717, 1.165) is 50.3 Å². The number of hydrogen-bond donors (Lipinski definition) is 1. The molecule has 4 rings (SSSR count). The van der Waals surface area contributed by atoms with Gasteiger partial charge in [-0.3, -0.25) is 9.59 Å². The van der Waals surface area contributed by atoms with Crippen molar-refractivity contribution in [3.05, 3.63) is 68.7 Å². The lowest BCUT2D eigenvalue weighted by molar-refractivity contribution is 0.0773. The van der Waals surface area contributed by atoms with E-state index in [1.54, 1.807) is 12.1 Å². The van der Waals surface area contributed by atoms with Crippen LogP contribution in [0.15, 0.2) is 36.4 Å². The number of hydrogen-bond acceptors (Lipinski definition) is 3. The summed E-state index contributed by atoms with van der Waals surface area (Å²) in [6, 6.07) is 10.9. The molecule has 170 valence electrons. The third-order valence-electron chi connectivity index (χ3n) is 6.72. The molecule has 0 aliphatic carbocycles. The maximum atomic E-state index is 13.0. The molecule has 2 amide bonds. The van der Waals surface area contributed by atoms with Crippen LogP contribution >= 0.6 is 23.2 Å². The maximum absolute atomic E-state index is 13.0. The quantitative estimate of drug-likeness (QED) is 0.631. The van der Waals surface area contributed by atoms with Crippen molar-refractivity contribution >= 4 is 35.0 Å². The zero-order valence-electron chi connectivity index (χ0n) is 18.5. The number of carbonyl (C=O) groups excluding carboxylic acids is 2. The van der Waals surface area contributed by atoms with Crippen molar-refractivity contribution in [3.63, 3.8) is 0 Å². The van der Waals surface area contributed by atoms with Gasteiger partial charge in [0.15, 0.2) is 0 Å². The fourth-order valence-electron chi connectivity index (χ4n) is 4.79. The number of nitrogens with one attached hydrogen (secondary N) is 1. The molecular formula is C25H29Cl2N3O2. The number of rotatable bonds is 6. The Morgan fingerprint density at radius 1 is 1.00 bits per heavy atom. The molecule has 2 unspecified atom stereocenters. The molecular weight excluding hydrogens is 445 g/mol. The summed E-state index contributed by atoms with van der Waals surface area (Å²) >= 11 is 12.3. The Hall–Kier alpha value is -2.08. The van der Waals surface area contributed by atoms with Crippen molar-refractivity contribution in [1.82, 2.24) is 15.1 Å². The normalized spacial score (nSPS) is 20.4. The van der Waals surface area contributed by atoms with E-state index in [1.165, 1.54) is 0 Å². The lowest BCUT2D eigenvalue weighted by atomic mass is 10.0. The molecule has 2 fully saturated rings. The number of nitrogens with zero attached hydrogens (tertiary/aromatic N) is 2. The number of aryl methyl sites for hydroxylation is 1. The lowest BCUT2D eigenvalue weighted by Gasteiger charge is -2.22. The van der Waals surface area contributed by atoms with Crippen molar-refractivity contribution < 1.29 is 9.59 Å². The number of amides is 2. The molecule has 7 heteroatoms. The molecule has 2 atom stereocenters. The highest BCUT2D eigenvalue weighted by Gasteiger charge is 2.41. The maximum Gasteiger partial charge on any atom is 0.254 e. The lowest BCUT2D eigenvalue weighted by Crippen LogP contribution is -2.34. The zero-order valence-corrected chi connectivity index (χ0v) is 20.0. The molecule has 32 heavy (non-hydrogen) atoms. The molecule has 0 spiro atoms. The first kappa shape index (κ1) is 23.1. The molecule has 5 nitrogen and oxygen atoms in total. The van der Waals surface area contributed by atoms with E-state index in [4.69, 9.17) is 23.2 Å². The molecule has 0 radical (unpaired) electrons. The van der Waals surface area contributed by atoms with Gasteiger partial charge in [-0.1, -0.05) is 35.3 Å². The zero-order chi connectivity index (χ0) is 22.8. The standard InChI is InChI=1S/C25H29Cl2N3O2/c1-16-7-8-18(11-23(16)27)24(31)28-9-4-10-29-12-19-14-30(15-20(19)13-29)25(32)21-5-3-6-22(26)17(21)2/h3,5-8,11,19-20H,4,9-10,12-15H2,1-2H3,(H,28,31). The number of halogens is 2. The Balaban J connectivity index is 1.20. The smallest absolute Gasteiger partial charge is 0.254 e. The molecule has 2 aliphatic rings. The highest BCUT2D eigenvalue weighted by molar-refractivity contribution is 6.32. The molecule has 2 aliphatic heterocycles. The van der Waals surface area contributed by atoms with Gasteiger partial charge in [-0.2, -0.15) is 0 Å². The van der Waals surface area contributed by atoms with Crippen LogP contribution in [0.3, 0.4) is 0 Å². The third kappa shape index (κ3) is 4.95. The molecule has 0 bridgehead atoms. The van der Waals surface area contributed by atoms with Gasteiger partial charge in [-0.15, -0.1) is 0 Å². The molecule has 2 saturated heterocycles. The van der Waals surface area contributed by atoms with Crippen LogP contribution in [-0.4, -0.2) is 60.9 Å². The van der Waals surface area contributed by atoms with Crippen LogP contribution in [0.4, 0.5) is 0 Å². The van der Waals surface area contributed by atoms with Gasteiger partial charge in [0.2, 0.25) is 0 Å². The van der Waals surface area contributed by atoms with E-state index in [0.29, 0.717) is 39.6 Å². The minimum Gasteiger partial charge on any atom is -0.352 e. The average Bonchev–Trinajstić information content (AvgIpc) is 3.33. The van der Waals surface area contributed by atoms with Crippen LogP contribution in [0.1, 0.15) is 38.3 Å². The van der Waals surface area contributed by atoms with Gasteiger partial charge in [0, 0.05) is 53.9 Å². The number of fused-ring (bicyclic) bond motifs is 1. The van der Waals surface area contributed by atoms with E-state index in [-0.39, 0.29) is 11.8 Å². The second-order valence-electron chi connectivity index (χ2n) is 8.98. The third-order valence-corrected chi connectivity index (χ3v) is 7.53. The molecule has 2 aromatic rings. The molecule has 0 aromatic heterocycles. The molecule has 2 heterocycles. The fourth-order valence-corrected chi connectivity index (χ4v) is 5.14. The summed E-state index contributed by atoms with van der Waals surface area (Å²) in [7, 11) is 0. The average molecular weight is 474 g/mol. The van der Waals surface area contributed by atoms with Gasteiger partial charge in [0.05, 0.1) is 0 Å². The van der Waals surface area contributed by atoms with E-state index >= 15 is 0 Å². The minimum absolute atomic E-state index is 0.0874. The number of carbonyl (C=O) groups is 2. The van der Waals surface area contributed by atoms with Crippen LogP contribution in [0.2, 0.25) is 10.0 Å². The Bertz CT molecular complexity index is 1010. The summed E-state index contributed by atoms with van der Waals surface area (Å²) in [6.45, 7) is 9.02. The van der Waals surface area contributed by atoms with Crippen molar-refractivity contribution in [2.75, 3.05) is 39.3 Å². The van der Waals surface area contributed by atoms with Crippen LogP contribution in [0, 0.1) is 25.7 Å². The first-order chi connectivity index (χ1) is 15.3. The second kappa shape index (κ2) is 9.82. The largest absolute Gasteiger partial charge is 0.352 e. The number of likely N-dealkylation sites (tertiary alicyclic amines) is 2. The first-order valence-electron chi connectivity index (χ1n) is 11.1. The summed E-state index contributed by atoms with van der Waals surface area (Å²) in [5.41, 5.74) is 3.12. The van der Waals surface area contributed by atoms with Gasteiger partial charge in [-0.05, 0) is 74.0 Å². The summed E-state index contributed by atoms with van der Waals surface area (Å²) < 4.78 is 0.